The third-order valence-corrected chi connectivity index (χ3v) is 6.66. The molecule has 1 aliphatic rings. The van der Waals surface area contributed by atoms with Gasteiger partial charge in [0, 0.05) is 11.1 Å². The van der Waals surface area contributed by atoms with Crippen molar-refractivity contribution in [1.82, 2.24) is 8.96 Å². The molecule has 1 aliphatic carbocycles. The summed E-state index contributed by atoms with van der Waals surface area (Å²) >= 11 is 1.44. The quantitative estimate of drug-likeness (QED) is 0.774. The monoisotopic (exact) mass is 345 g/mol. The van der Waals surface area contributed by atoms with Crippen molar-refractivity contribution in [2.24, 2.45) is 0 Å². The Morgan fingerprint density at radius 3 is 2.70 bits per heavy atom. The fourth-order valence-electron chi connectivity index (χ4n) is 2.98. The second kappa shape index (κ2) is 5.21. The zero-order chi connectivity index (χ0) is 16.0. The molecular weight excluding hydrogens is 330 g/mol. The van der Waals surface area contributed by atoms with Crippen LogP contribution in [-0.4, -0.2) is 17.4 Å². The summed E-state index contributed by atoms with van der Waals surface area (Å²) in [4.78, 5) is 5.73. The van der Waals surface area contributed by atoms with E-state index in [0.717, 1.165) is 29.7 Å². The number of nitrogens with zero attached hydrogens (tertiary/aromatic N) is 2. The summed E-state index contributed by atoms with van der Waals surface area (Å²) in [5.74, 6) is 0. The van der Waals surface area contributed by atoms with E-state index < -0.39 is 10.0 Å². The second-order valence-electron chi connectivity index (χ2n) is 5.48. The fourth-order valence-corrected chi connectivity index (χ4v) is 5.25. The Bertz CT molecular complexity index is 972. The number of aromatic nitrogens is 2. The molecule has 7 heteroatoms. The van der Waals surface area contributed by atoms with E-state index in [4.69, 9.17) is 5.73 Å². The van der Waals surface area contributed by atoms with Crippen molar-refractivity contribution in [3.63, 3.8) is 0 Å². The lowest BCUT2D eigenvalue weighted by Gasteiger charge is -2.10. The first kappa shape index (κ1) is 14.5. The van der Waals surface area contributed by atoms with Gasteiger partial charge in [-0.3, -0.25) is 0 Å². The maximum atomic E-state index is 13.0. The van der Waals surface area contributed by atoms with Crippen LogP contribution in [0, 0.1) is 0 Å². The highest BCUT2D eigenvalue weighted by Gasteiger charge is 2.27. The summed E-state index contributed by atoms with van der Waals surface area (Å²) in [6.07, 6.45) is 4.31. The van der Waals surface area contributed by atoms with Gasteiger partial charge < -0.3 is 5.73 Å². The molecule has 2 N–H and O–H groups in total. The zero-order valence-electron chi connectivity index (χ0n) is 12.3. The minimum atomic E-state index is -3.65. The van der Waals surface area contributed by atoms with E-state index in [-0.39, 0.29) is 4.90 Å². The number of anilines is 1. The Balaban J connectivity index is 1.97. The molecule has 2 aromatic heterocycles. The van der Waals surface area contributed by atoms with Gasteiger partial charge in [-0.1, -0.05) is 18.2 Å². The van der Waals surface area contributed by atoms with Crippen LogP contribution in [0.2, 0.25) is 0 Å². The van der Waals surface area contributed by atoms with E-state index in [1.165, 1.54) is 15.3 Å². The van der Waals surface area contributed by atoms with E-state index in [0.29, 0.717) is 16.5 Å². The molecule has 5 nitrogen and oxygen atoms in total. The molecule has 2 heterocycles. The van der Waals surface area contributed by atoms with Gasteiger partial charge in [0.25, 0.3) is 10.0 Å². The van der Waals surface area contributed by atoms with Gasteiger partial charge in [0.05, 0.1) is 10.6 Å². The minimum absolute atomic E-state index is 0.271. The van der Waals surface area contributed by atoms with Gasteiger partial charge in [0.1, 0.15) is 5.69 Å². The smallest absolute Gasteiger partial charge is 0.268 e. The van der Waals surface area contributed by atoms with Crippen LogP contribution in [0.3, 0.4) is 0 Å². The third-order valence-electron chi connectivity index (χ3n) is 4.02. The normalized spacial score (nSPS) is 14.1. The van der Waals surface area contributed by atoms with E-state index in [1.54, 1.807) is 36.5 Å². The van der Waals surface area contributed by atoms with E-state index in [1.807, 2.05) is 6.07 Å². The Morgan fingerprint density at radius 2 is 1.91 bits per heavy atom. The fraction of sp³-hybridized carbons (Fsp3) is 0.188. The molecule has 0 radical (unpaired) electrons. The standard InChI is InChI=1S/C16H15N3O2S2/c17-16-18-14-13(22-16)8-4-5-11-9-10-19(15(11)14)23(20,21)12-6-2-1-3-7-12/h1-3,6-7,9-10H,4-5,8H2,(H2,17,18). The summed E-state index contributed by atoms with van der Waals surface area (Å²) in [5.41, 5.74) is 8.24. The van der Waals surface area contributed by atoms with Crippen molar-refractivity contribution in [3.05, 3.63) is 53.0 Å². The Morgan fingerprint density at radius 1 is 1.13 bits per heavy atom. The number of nitrogen functional groups attached to an aromatic ring is 1. The van der Waals surface area contributed by atoms with Gasteiger partial charge in [-0.25, -0.2) is 17.4 Å². The van der Waals surface area contributed by atoms with Crippen LogP contribution in [0.4, 0.5) is 5.13 Å². The molecular formula is C16H15N3O2S2. The van der Waals surface area contributed by atoms with Gasteiger partial charge in [-0.05, 0) is 43.0 Å². The van der Waals surface area contributed by atoms with Gasteiger partial charge in [-0.15, -0.1) is 11.3 Å². The molecule has 0 aliphatic heterocycles. The van der Waals surface area contributed by atoms with Crippen molar-refractivity contribution < 1.29 is 8.42 Å². The summed E-state index contributed by atoms with van der Waals surface area (Å²) in [6, 6.07) is 10.3. The number of thiazole rings is 1. The molecule has 1 aromatic carbocycles. The summed E-state index contributed by atoms with van der Waals surface area (Å²) in [6.45, 7) is 0. The number of fused-ring (bicyclic) bond motifs is 3. The predicted molar refractivity (Wildman–Crippen MR) is 91.0 cm³/mol. The maximum Gasteiger partial charge on any atom is 0.268 e. The summed E-state index contributed by atoms with van der Waals surface area (Å²) in [7, 11) is -3.65. The van der Waals surface area contributed by atoms with Gasteiger partial charge in [-0.2, -0.15) is 0 Å². The number of rotatable bonds is 2. The number of hydrogen-bond donors (Lipinski definition) is 1. The molecule has 0 saturated carbocycles. The first-order chi connectivity index (χ1) is 11.1. The lowest BCUT2D eigenvalue weighted by Crippen LogP contribution is -2.13. The lowest BCUT2D eigenvalue weighted by molar-refractivity contribution is 0.588. The van der Waals surface area contributed by atoms with E-state index in [2.05, 4.69) is 4.98 Å². The van der Waals surface area contributed by atoms with E-state index >= 15 is 0 Å². The van der Waals surface area contributed by atoms with Crippen molar-refractivity contribution in [1.29, 1.82) is 0 Å². The number of benzene rings is 1. The van der Waals surface area contributed by atoms with Crippen LogP contribution >= 0.6 is 11.3 Å². The molecule has 4 rings (SSSR count). The number of nitrogens with two attached hydrogens (primary N) is 1. The van der Waals surface area contributed by atoms with Crippen molar-refractivity contribution in [2.45, 2.75) is 24.2 Å². The van der Waals surface area contributed by atoms with Crippen LogP contribution in [0.25, 0.3) is 11.4 Å². The SMILES string of the molecule is Nc1nc2c(s1)CCCc1ccn(S(=O)(=O)c3ccccc3)c1-2. The molecule has 0 saturated heterocycles. The van der Waals surface area contributed by atoms with Crippen LogP contribution in [0.5, 0.6) is 0 Å². The van der Waals surface area contributed by atoms with Crippen LogP contribution < -0.4 is 5.73 Å². The molecule has 0 amide bonds. The number of aryl methyl sites for hydroxylation is 2. The molecule has 0 unspecified atom stereocenters. The first-order valence-corrected chi connectivity index (χ1v) is 9.59. The zero-order valence-corrected chi connectivity index (χ0v) is 13.9. The van der Waals surface area contributed by atoms with Crippen LogP contribution in [-0.2, 0) is 22.9 Å². The highest BCUT2D eigenvalue weighted by atomic mass is 32.2. The summed E-state index contributed by atoms with van der Waals surface area (Å²) < 4.78 is 27.4. The van der Waals surface area contributed by atoms with Gasteiger partial charge >= 0.3 is 0 Å². The Hall–Kier alpha value is -2.12. The van der Waals surface area contributed by atoms with Crippen LogP contribution in [0.15, 0.2) is 47.5 Å². The maximum absolute atomic E-state index is 13.0. The highest BCUT2D eigenvalue weighted by molar-refractivity contribution is 7.90. The molecule has 0 atom stereocenters. The van der Waals surface area contributed by atoms with Crippen molar-refractivity contribution >= 4 is 26.5 Å². The van der Waals surface area contributed by atoms with Crippen molar-refractivity contribution in [2.75, 3.05) is 5.73 Å². The van der Waals surface area contributed by atoms with Crippen LogP contribution in [0.1, 0.15) is 16.9 Å². The Kier molecular flexibility index (Phi) is 3.28. The minimum Gasteiger partial charge on any atom is -0.375 e. The second-order valence-corrected chi connectivity index (χ2v) is 8.41. The average Bonchev–Trinajstić information content (AvgIpc) is 3.08. The first-order valence-electron chi connectivity index (χ1n) is 7.34. The van der Waals surface area contributed by atoms with Gasteiger partial charge in [0.15, 0.2) is 5.13 Å². The number of hydrogen-bond acceptors (Lipinski definition) is 5. The average molecular weight is 345 g/mol. The van der Waals surface area contributed by atoms with Gasteiger partial charge in [0.2, 0.25) is 0 Å². The van der Waals surface area contributed by atoms with Crippen molar-refractivity contribution in [3.8, 4) is 11.4 Å². The predicted octanol–water partition coefficient (Wildman–Crippen LogP) is 2.92. The third kappa shape index (κ3) is 2.27. The molecule has 0 bridgehead atoms. The molecule has 118 valence electrons. The largest absolute Gasteiger partial charge is 0.375 e. The molecule has 3 aromatic rings. The topological polar surface area (TPSA) is 78.0 Å². The molecule has 23 heavy (non-hydrogen) atoms. The van der Waals surface area contributed by atoms with E-state index in [9.17, 15) is 8.42 Å². The molecule has 0 spiro atoms. The summed E-state index contributed by atoms with van der Waals surface area (Å²) in [5, 5.41) is 0.479. The Labute approximate surface area is 138 Å². The highest BCUT2D eigenvalue weighted by Crippen LogP contribution is 2.38. The lowest BCUT2D eigenvalue weighted by atomic mass is 10.1. The molecule has 0 fully saturated rings.